The Bertz CT molecular complexity index is 1040. The lowest BCUT2D eigenvalue weighted by Crippen LogP contribution is -2.27. The third-order valence-electron chi connectivity index (χ3n) is 5.47. The highest BCUT2D eigenvalue weighted by molar-refractivity contribution is 6.18. The number of benzene rings is 3. The number of carbonyl (C=O) groups is 1. The van der Waals surface area contributed by atoms with Crippen LogP contribution in [0.2, 0.25) is 0 Å². The molecule has 1 unspecified atom stereocenters. The van der Waals surface area contributed by atoms with E-state index in [0.717, 1.165) is 41.2 Å². The Labute approximate surface area is 211 Å². The molecule has 0 bridgehead atoms. The third kappa shape index (κ3) is 7.51. The lowest BCUT2D eigenvalue weighted by atomic mass is 9.91. The van der Waals surface area contributed by atoms with Crippen molar-refractivity contribution < 1.29 is 9.53 Å². The van der Waals surface area contributed by atoms with Crippen molar-refractivity contribution in [1.29, 1.82) is 0 Å². The van der Waals surface area contributed by atoms with Crippen LogP contribution in [0.5, 0.6) is 5.75 Å². The second-order valence-electron chi connectivity index (χ2n) is 7.71. The number of anilines is 1. The SMILES string of the molecule is COc1ccc(CC(C(=O)N/N=C/c2ccc(N(CCCl)CCCl)cc2)c2ccccc2)cc1. The fourth-order valence-electron chi connectivity index (χ4n) is 3.64. The minimum Gasteiger partial charge on any atom is -0.497 e. The van der Waals surface area contributed by atoms with Gasteiger partial charge < -0.3 is 9.64 Å². The van der Waals surface area contributed by atoms with E-state index < -0.39 is 0 Å². The van der Waals surface area contributed by atoms with E-state index in [4.69, 9.17) is 27.9 Å². The summed E-state index contributed by atoms with van der Waals surface area (Å²) in [6, 6.07) is 25.4. The Morgan fingerprint density at radius 1 is 0.971 bits per heavy atom. The summed E-state index contributed by atoms with van der Waals surface area (Å²) in [4.78, 5) is 15.2. The smallest absolute Gasteiger partial charge is 0.247 e. The molecule has 5 nitrogen and oxygen atoms in total. The Balaban J connectivity index is 1.67. The molecule has 1 atom stereocenters. The number of halogens is 2. The van der Waals surface area contributed by atoms with Crippen LogP contribution in [0, 0.1) is 0 Å². The molecule has 0 aliphatic heterocycles. The summed E-state index contributed by atoms with van der Waals surface area (Å²) in [5, 5.41) is 4.20. The van der Waals surface area contributed by atoms with E-state index in [1.165, 1.54) is 0 Å². The number of methoxy groups -OCH3 is 1. The summed E-state index contributed by atoms with van der Waals surface area (Å²) in [5.74, 6) is 1.32. The van der Waals surface area contributed by atoms with Crippen LogP contribution in [-0.2, 0) is 11.2 Å². The van der Waals surface area contributed by atoms with E-state index in [0.29, 0.717) is 18.2 Å². The Kier molecular flexibility index (Phi) is 10.3. The second-order valence-corrected chi connectivity index (χ2v) is 8.46. The number of ether oxygens (including phenoxy) is 1. The number of carbonyl (C=O) groups excluding carboxylic acids is 1. The Morgan fingerprint density at radius 3 is 2.21 bits per heavy atom. The normalized spacial score (nSPS) is 11.9. The molecule has 3 rings (SSSR count). The molecule has 0 aliphatic carbocycles. The number of nitrogens with zero attached hydrogens (tertiary/aromatic N) is 2. The maximum Gasteiger partial charge on any atom is 0.247 e. The third-order valence-corrected chi connectivity index (χ3v) is 5.81. The second kappa shape index (κ2) is 13.6. The number of rotatable bonds is 12. The van der Waals surface area contributed by atoms with Gasteiger partial charge in [0.1, 0.15) is 5.75 Å². The highest BCUT2D eigenvalue weighted by atomic mass is 35.5. The van der Waals surface area contributed by atoms with Crippen LogP contribution in [0.4, 0.5) is 5.69 Å². The molecule has 0 saturated carbocycles. The number of alkyl halides is 2. The van der Waals surface area contributed by atoms with Gasteiger partial charge >= 0.3 is 0 Å². The molecule has 3 aromatic rings. The zero-order valence-corrected chi connectivity index (χ0v) is 20.7. The molecule has 3 aromatic carbocycles. The van der Waals surface area contributed by atoms with Crippen LogP contribution < -0.4 is 15.1 Å². The van der Waals surface area contributed by atoms with Crippen LogP contribution in [0.15, 0.2) is 84.0 Å². The first-order valence-electron chi connectivity index (χ1n) is 11.1. The molecule has 0 aliphatic rings. The van der Waals surface area contributed by atoms with E-state index in [-0.39, 0.29) is 11.8 Å². The van der Waals surface area contributed by atoms with Crippen LogP contribution in [0.25, 0.3) is 0 Å². The van der Waals surface area contributed by atoms with E-state index in [1.54, 1.807) is 13.3 Å². The predicted molar refractivity (Wildman–Crippen MR) is 142 cm³/mol. The topological polar surface area (TPSA) is 53.9 Å². The van der Waals surface area contributed by atoms with Gasteiger partial charge in [0.2, 0.25) is 5.91 Å². The molecule has 0 radical (unpaired) electrons. The first-order valence-corrected chi connectivity index (χ1v) is 12.2. The molecule has 1 amide bonds. The van der Waals surface area contributed by atoms with Gasteiger partial charge in [0.25, 0.3) is 0 Å². The van der Waals surface area contributed by atoms with E-state index in [1.807, 2.05) is 78.9 Å². The van der Waals surface area contributed by atoms with Crippen molar-refractivity contribution in [2.24, 2.45) is 5.10 Å². The first-order chi connectivity index (χ1) is 16.6. The zero-order valence-electron chi connectivity index (χ0n) is 19.2. The van der Waals surface area contributed by atoms with Crippen LogP contribution >= 0.6 is 23.2 Å². The van der Waals surface area contributed by atoms with Crippen molar-refractivity contribution >= 4 is 41.0 Å². The minimum atomic E-state index is -0.367. The maximum atomic E-state index is 13.1. The van der Waals surface area contributed by atoms with Gasteiger partial charge in [-0.1, -0.05) is 54.6 Å². The molecule has 0 aromatic heterocycles. The summed E-state index contributed by atoms with van der Waals surface area (Å²) in [5.41, 5.74) is 6.62. The van der Waals surface area contributed by atoms with Crippen molar-refractivity contribution in [2.75, 3.05) is 36.9 Å². The van der Waals surface area contributed by atoms with Gasteiger partial charge in [0.15, 0.2) is 0 Å². The van der Waals surface area contributed by atoms with Gasteiger partial charge in [-0.15, -0.1) is 23.2 Å². The predicted octanol–water partition coefficient (Wildman–Crippen LogP) is 5.46. The summed E-state index contributed by atoms with van der Waals surface area (Å²) in [7, 11) is 1.64. The monoisotopic (exact) mass is 497 g/mol. The molecular weight excluding hydrogens is 469 g/mol. The number of nitrogens with one attached hydrogen (secondary N) is 1. The van der Waals surface area contributed by atoms with Crippen LogP contribution in [-0.4, -0.2) is 44.1 Å². The fraction of sp³-hybridized carbons (Fsp3) is 0.259. The standard InChI is InChI=1S/C27H29Cl2N3O2/c1-34-25-13-9-21(10-14-25)19-26(23-5-3-2-4-6-23)27(33)31-30-20-22-7-11-24(12-8-22)32(17-15-28)18-16-29/h2-14,20,26H,15-19H2,1H3,(H,31,33)/b30-20+. The molecule has 7 heteroatoms. The van der Waals surface area contributed by atoms with Gasteiger partial charge in [-0.05, 0) is 47.4 Å². The summed E-state index contributed by atoms with van der Waals surface area (Å²) >= 11 is 11.8. The Hall–Kier alpha value is -3.02. The molecule has 178 valence electrons. The average molecular weight is 498 g/mol. The van der Waals surface area contributed by atoms with Crippen LogP contribution in [0.1, 0.15) is 22.6 Å². The Morgan fingerprint density at radius 2 is 1.62 bits per heavy atom. The number of amides is 1. The molecule has 0 saturated heterocycles. The molecule has 1 N–H and O–H groups in total. The summed E-state index contributed by atoms with van der Waals surface area (Å²) < 4.78 is 5.23. The first kappa shape index (κ1) is 25.6. The number of hydrazone groups is 1. The lowest BCUT2D eigenvalue weighted by Gasteiger charge is -2.22. The quantitative estimate of drug-likeness (QED) is 0.205. The number of hydrogen-bond acceptors (Lipinski definition) is 4. The van der Waals surface area contributed by atoms with Gasteiger partial charge in [-0.3, -0.25) is 4.79 Å². The largest absolute Gasteiger partial charge is 0.497 e. The van der Waals surface area contributed by atoms with E-state index in [9.17, 15) is 4.79 Å². The van der Waals surface area contributed by atoms with Gasteiger partial charge in [0.05, 0.1) is 19.2 Å². The van der Waals surface area contributed by atoms with Crippen LogP contribution in [0.3, 0.4) is 0 Å². The van der Waals surface area contributed by atoms with Gasteiger partial charge in [0, 0.05) is 30.5 Å². The van der Waals surface area contributed by atoms with Crippen molar-refractivity contribution in [3.8, 4) is 5.75 Å². The van der Waals surface area contributed by atoms with Crippen molar-refractivity contribution in [3.05, 3.63) is 95.6 Å². The summed E-state index contributed by atoms with van der Waals surface area (Å²) in [6.45, 7) is 1.46. The van der Waals surface area contributed by atoms with Crippen molar-refractivity contribution in [2.45, 2.75) is 12.3 Å². The zero-order chi connectivity index (χ0) is 24.2. The fourth-order valence-corrected chi connectivity index (χ4v) is 4.05. The molecule has 0 fully saturated rings. The number of hydrogen-bond donors (Lipinski definition) is 1. The lowest BCUT2D eigenvalue weighted by molar-refractivity contribution is -0.122. The average Bonchev–Trinajstić information content (AvgIpc) is 2.88. The molecule has 34 heavy (non-hydrogen) atoms. The van der Waals surface area contributed by atoms with Crippen molar-refractivity contribution in [3.63, 3.8) is 0 Å². The van der Waals surface area contributed by atoms with Gasteiger partial charge in [-0.25, -0.2) is 5.43 Å². The highest BCUT2D eigenvalue weighted by Gasteiger charge is 2.21. The molecule has 0 spiro atoms. The molecule has 0 heterocycles. The van der Waals surface area contributed by atoms with Gasteiger partial charge in [-0.2, -0.15) is 5.10 Å². The maximum absolute atomic E-state index is 13.1. The minimum absolute atomic E-state index is 0.162. The molecular formula is C27H29Cl2N3O2. The van der Waals surface area contributed by atoms with E-state index in [2.05, 4.69) is 15.4 Å². The van der Waals surface area contributed by atoms with E-state index >= 15 is 0 Å². The highest BCUT2D eigenvalue weighted by Crippen LogP contribution is 2.23. The summed E-state index contributed by atoms with van der Waals surface area (Å²) in [6.07, 6.45) is 2.20. The van der Waals surface area contributed by atoms with Crippen molar-refractivity contribution in [1.82, 2.24) is 5.43 Å².